The molecule has 0 unspecified atom stereocenters. The van der Waals surface area contributed by atoms with Crippen molar-refractivity contribution >= 4 is 11.7 Å². The van der Waals surface area contributed by atoms with E-state index in [0.29, 0.717) is 18.3 Å². The maximum atomic E-state index is 12.5. The van der Waals surface area contributed by atoms with Crippen LogP contribution in [0.1, 0.15) is 46.0 Å². The molecule has 0 spiro atoms. The van der Waals surface area contributed by atoms with Crippen LogP contribution in [-0.4, -0.2) is 29.7 Å². The molecule has 22 heavy (non-hydrogen) atoms. The molecule has 1 amide bonds. The summed E-state index contributed by atoms with van der Waals surface area (Å²) in [4.78, 5) is 12.5. The van der Waals surface area contributed by atoms with E-state index in [9.17, 15) is 4.79 Å². The zero-order valence-electron chi connectivity index (χ0n) is 13.5. The normalized spacial score (nSPS) is 23.3. The predicted octanol–water partition coefficient (Wildman–Crippen LogP) is 2.13. The van der Waals surface area contributed by atoms with Gasteiger partial charge in [0.15, 0.2) is 5.82 Å². The van der Waals surface area contributed by atoms with E-state index in [1.807, 2.05) is 0 Å². The quantitative estimate of drug-likeness (QED) is 0.717. The second-order valence-corrected chi connectivity index (χ2v) is 6.66. The van der Waals surface area contributed by atoms with Crippen LogP contribution in [0.25, 0.3) is 0 Å². The predicted molar refractivity (Wildman–Crippen MR) is 86.3 cm³/mol. The van der Waals surface area contributed by atoms with Gasteiger partial charge >= 0.3 is 0 Å². The number of hydrogen-bond acceptors (Lipinski definition) is 5. The highest BCUT2D eigenvalue weighted by atomic mass is 16.5. The van der Waals surface area contributed by atoms with Gasteiger partial charge in [0.2, 0.25) is 5.91 Å². The molecule has 1 fully saturated rings. The number of nitrogens with zero attached hydrogens (tertiary/aromatic N) is 1. The van der Waals surface area contributed by atoms with Crippen LogP contribution in [0.5, 0.6) is 0 Å². The highest BCUT2D eigenvalue weighted by molar-refractivity contribution is 5.79. The number of carbonyl (C=O) groups is 1. The fraction of sp³-hybridized carbons (Fsp3) is 0.750. The summed E-state index contributed by atoms with van der Waals surface area (Å²) in [7, 11) is 0. The van der Waals surface area contributed by atoms with E-state index < -0.39 is 0 Å². The van der Waals surface area contributed by atoms with E-state index in [-0.39, 0.29) is 23.9 Å². The monoisotopic (exact) mass is 308 g/mol. The minimum absolute atomic E-state index is 0.00282. The molecule has 0 bridgehead atoms. The second-order valence-electron chi connectivity index (χ2n) is 6.66. The van der Waals surface area contributed by atoms with Crippen LogP contribution in [0.15, 0.2) is 16.9 Å². The Balaban J connectivity index is 1.88. The molecule has 1 aromatic heterocycles. The number of nitrogens with two attached hydrogens (primary N) is 1. The average molecular weight is 308 g/mol. The average Bonchev–Trinajstić information content (AvgIpc) is 2.98. The number of amides is 1. The fourth-order valence-corrected chi connectivity index (χ4v) is 3.09. The van der Waals surface area contributed by atoms with Crippen LogP contribution in [0.3, 0.4) is 0 Å². The van der Waals surface area contributed by atoms with Crippen molar-refractivity contribution in [2.45, 2.75) is 58.0 Å². The van der Waals surface area contributed by atoms with Crippen molar-refractivity contribution in [3.8, 4) is 0 Å². The summed E-state index contributed by atoms with van der Waals surface area (Å²) in [5, 5.41) is 10.2. The van der Waals surface area contributed by atoms with E-state index in [2.05, 4.69) is 29.6 Å². The van der Waals surface area contributed by atoms with Crippen LogP contribution in [0, 0.1) is 11.8 Å². The lowest BCUT2D eigenvalue weighted by atomic mass is 9.84. The van der Waals surface area contributed by atoms with Crippen molar-refractivity contribution in [1.29, 1.82) is 0 Å². The Bertz CT molecular complexity index is 447. The molecule has 4 N–H and O–H groups in total. The Morgan fingerprint density at radius 2 is 2.23 bits per heavy atom. The number of rotatable bonds is 7. The molecule has 6 nitrogen and oxygen atoms in total. The Morgan fingerprint density at radius 3 is 2.86 bits per heavy atom. The molecule has 124 valence electrons. The van der Waals surface area contributed by atoms with Gasteiger partial charge in [-0.3, -0.25) is 4.79 Å². The summed E-state index contributed by atoms with van der Waals surface area (Å²) in [6.45, 7) is 4.95. The molecule has 2 rings (SSSR count). The summed E-state index contributed by atoms with van der Waals surface area (Å²) < 4.78 is 4.80. The molecule has 1 aromatic rings. The van der Waals surface area contributed by atoms with Gasteiger partial charge in [-0.25, -0.2) is 0 Å². The third-order valence-electron chi connectivity index (χ3n) is 4.23. The first-order chi connectivity index (χ1) is 10.6. The van der Waals surface area contributed by atoms with E-state index in [0.717, 1.165) is 32.1 Å². The number of carbonyl (C=O) groups excluding carboxylic acids is 1. The van der Waals surface area contributed by atoms with Crippen molar-refractivity contribution in [3.63, 3.8) is 0 Å². The maximum Gasteiger partial charge on any atom is 0.224 e. The highest BCUT2D eigenvalue weighted by Crippen LogP contribution is 2.23. The van der Waals surface area contributed by atoms with Crippen molar-refractivity contribution in [1.82, 2.24) is 10.5 Å². The van der Waals surface area contributed by atoms with E-state index >= 15 is 0 Å². The van der Waals surface area contributed by atoms with Crippen molar-refractivity contribution in [3.05, 3.63) is 12.3 Å². The zero-order chi connectivity index (χ0) is 15.9. The lowest BCUT2D eigenvalue weighted by molar-refractivity contribution is -0.127. The minimum Gasteiger partial charge on any atom is -0.365 e. The van der Waals surface area contributed by atoms with Crippen molar-refractivity contribution < 1.29 is 9.32 Å². The molecule has 0 saturated heterocycles. The van der Waals surface area contributed by atoms with Crippen LogP contribution >= 0.6 is 0 Å². The molecular weight excluding hydrogens is 280 g/mol. The van der Waals surface area contributed by atoms with Gasteiger partial charge in [-0.15, -0.1) is 0 Å². The van der Waals surface area contributed by atoms with Crippen LogP contribution in [0.2, 0.25) is 0 Å². The Hall–Kier alpha value is -1.56. The van der Waals surface area contributed by atoms with Gasteiger partial charge in [0.25, 0.3) is 0 Å². The van der Waals surface area contributed by atoms with Crippen LogP contribution in [0.4, 0.5) is 5.82 Å². The molecule has 6 heteroatoms. The number of anilines is 1. The third-order valence-corrected chi connectivity index (χ3v) is 4.23. The summed E-state index contributed by atoms with van der Waals surface area (Å²) in [6.07, 6.45) is 6.52. The Labute approximate surface area is 132 Å². The van der Waals surface area contributed by atoms with E-state index in [1.165, 1.54) is 6.26 Å². The molecule has 1 aliphatic carbocycles. The summed E-state index contributed by atoms with van der Waals surface area (Å²) in [6, 6.07) is 1.83. The van der Waals surface area contributed by atoms with Crippen LogP contribution < -0.4 is 16.4 Å². The number of hydrogen-bond donors (Lipinski definition) is 3. The molecule has 0 aliphatic heterocycles. The maximum absolute atomic E-state index is 12.5. The molecular formula is C16H28N4O2. The SMILES string of the molecule is CC(C)C[C@@H](CNc1ccon1)NC(=O)[C@@H]1CCCC[C@@H]1N. The summed E-state index contributed by atoms with van der Waals surface area (Å²) in [5.41, 5.74) is 6.11. The number of nitrogens with one attached hydrogen (secondary N) is 2. The van der Waals surface area contributed by atoms with Crippen LogP contribution in [-0.2, 0) is 4.79 Å². The first-order valence-corrected chi connectivity index (χ1v) is 8.26. The van der Waals surface area contributed by atoms with Crippen molar-refractivity contribution in [2.24, 2.45) is 17.6 Å². The lowest BCUT2D eigenvalue weighted by Crippen LogP contribution is -2.49. The molecule has 3 atom stereocenters. The van der Waals surface area contributed by atoms with E-state index in [1.54, 1.807) is 6.07 Å². The minimum atomic E-state index is -0.0459. The van der Waals surface area contributed by atoms with Gasteiger partial charge in [0.05, 0.1) is 5.92 Å². The van der Waals surface area contributed by atoms with Gasteiger partial charge in [0.1, 0.15) is 6.26 Å². The first kappa shape index (κ1) is 16.8. The molecule has 0 radical (unpaired) electrons. The van der Waals surface area contributed by atoms with Gasteiger partial charge < -0.3 is 20.9 Å². The summed E-state index contributed by atoms with van der Waals surface area (Å²) in [5.74, 6) is 1.25. The van der Waals surface area contributed by atoms with Gasteiger partial charge in [0, 0.05) is 24.7 Å². The topological polar surface area (TPSA) is 93.2 Å². The number of aromatic nitrogens is 1. The Kier molecular flexibility index (Phi) is 6.24. The third kappa shape index (κ3) is 5.02. The smallest absolute Gasteiger partial charge is 0.224 e. The van der Waals surface area contributed by atoms with E-state index in [4.69, 9.17) is 10.3 Å². The Morgan fingerprint density at radius 1 is 1.45 bits per heavy atom. The van der Waals surface area contributed by atoms with Gasteiger partial charge in [-0.1, -0.05) is 31.8 Å². The summed E-state index contributed by atoms with van der Waals surface area (Å²) >= 11 is 0. The van der Waals surface area contributed by atoms with Gasteiger partial charge in [-0.05, 0) is 25.2 Å². The van der Waals surface area contributed by atoms with Crippen molar-refractivity contribution in [2.75, 3.05) is 11.9 Å². The molecule has 1 saturated carbocycles. The highest BCUT2D eigenvalue weighted by Gasteiger charge is 2.29. The molecule has 0 aromatic carbocycles. The standard InChI is InChI=1S/C16H28N4O2/c1-11(2)9-12(10-18-15-7-8-22-20-15)19-16(21)13-5-3-4-6-14(13)17/h7-8,11-14H,3-6,9-10,17H2,1-2H3,(H,18,20)(H,19,21)/t12-,13+,14-/m0/s1. The zero-order valence-corrected chi connectivity index (χ0v) is 13.5. The molecule has 1 aliphatic rings. The molecule has 1 heterocycles. The fourth-order valence-electron chi connectivity index (χ4n) is 3.09. The second kappa shape index (κ2) is 8.17. The van der Waals surface area contributed by atoms with Gasteiger partial charge in [-0.2, -0.15) is 0 Å². The first-order valence-electron chi connectivity index (χ1n) is 8.26. The largest absolute Gasteiger partial charge is 0.365 e. The lowest BCUT2D eigenvalue weighted by Gasteiger charge is -2.30.